The van der Waals surface area contributed by atoms with Gasteiger partial charge in [0.2, 0.25) is 0 Å². The summed E-state index contributed by atoms with van der Waals surface area (Å²) in [6.45, 7) is 2.15. The van der Waals surface area contributed by atoms with Gasteiger partial charge in [0.05, 0.1) is 11.8 Å². The van der Waals surface area contributed by atoms with Crippen molar-refractivity contribution in [3.63, 3.8) is 0 Å². The summed E-state index contributed by atoms with van der Waals surface area (Å²) in [5.41, 5.74) is 0.351. The molecule has 3 heteroatoms. The van der Waals surface area contributed by atoms with Gasteiger partial charge in [-0.25, -0.2) is 0 Å². The van der Waals surface area contributed by atoms with Crippen LogP contribution >= 0.6 is 0 Å². The molecule has 98 valence electrons. The number of hydrogen-bond donors (Lipinski definition) is 0. The van der Waals surface area contributed by atoms with E-state index in [0.717, 1.165) is 5.56 Å². The molecule has 0 aliphatic heterocycles. The minimum absolute atomic E-state index is 0.0296. The maximum absolute atomic E-state index is 12.6. The van der Waals surface area contributed by atoms with Crippen LogP contribution in [-0.2, 0) is 14.3 Å². The van der Waals surface area contributed by atoms with Crippen LogP contribution in [0.4, 0.5) is 0 Å². The zero-order chi connectivity index (χ0) is 13.4. The van der Waals surface area contributed by atoms with Crippen molar-refractivity contribution < 1.29 is 14.3 Å². The number of hydrogen-bond acceptors (Lipinski definition) is 3. The van der Waals surface area contributed by atoms with Crippen LogP contribution in [0.25, 0.3) is 0 Å². The molecule has 4 aliphatic carbocycles. The number of carbonyl (C=O) groups excluding carboxylic acids is 2. The van der Waals surface area contributed by atoms with E-state index in [-0.39, 0.29) is 29.3 Å². The van der Waals surface area contributed by atoms with Crippen molar-refractivity contribution in [2.75, 3.05) is 7.11 Å². The van der Waals surface area contributed by atoms with E-state index in [2.05, 4.69) is 6.92 Å². The molecule has 5 rings (SSSR count). The van der Waals surface area contributed by atoms with Crippen LogP contribution in [0.2, 0.25) is 0 Å². The number of benzene rings is 1. The Hall–Kier alpha value is -1.48. The molecule has 4 aliphatic rings. The maximum Gasteiger partial charge on any atom is 0.176 e. The Morgan fingerprint density at radius 3 is 2.42 bits per heavy atom. The number of methoxy groups -OCH3 is 1. The summed E-state index contributed by atoms with van der Waals surface area (Å²) in [7, 11) is 1.57. The lowest BCUT2D eigenvalue weighted by Gasteiger charge is -2.37. The van der Waals surface area contributed by atoms with Crippen LogP contribution in [-0.4, -0.2) is 24.3 Å². The number of ether oxygens (including phenoxy) is 1. The lowest BCUT2D eigenvalue weighted by molar-refractivity contribution is -0.142. The van der Waals surface area contributed by atoms with E-state index in [1.807, 2.05) is 30.3 Å². The number of rotatable bonds is 2. The summed E-state index contributed by atoms with van der Waals surface area (Å²) in [5.74, 6) is -0.0447. The Morgan fingerprint density at radius 1 is 1.16 bits per heavy atom. The first-order chi connectivity index (χ1) is 9.14. The highest BCUT2D eigenvalue weighted by molar-refractivity contribution is 6.21. The van der Waals surface area contributed by atoms with Gasteiger partial charge in [0.25, 0.3) is 0 Å². The summed E-state index contributed by atoms with van der Waals surface area (Å²) in [6, 6.07) is 9.95. The molecule has 4 saturated carbocycles. The van der Waals surface area contributed by atoms with Gasteiger partial charge in [-0.3, -0.25) is 9.59 Å². The second kappa shape index (κ2) is 3.34. The number of ketones is 2. The predicted molar refractivity (Wildman–Crippen MR) is 68.6 cm³/mol. The third-order valence-corrected chi connectivity index (χ3v) is 5.50. The maximum atomic E-state index is 12.6. The van der Waals surface area contributed by atoms with E-state index < -0.39 is 11.5 Å². The summed E-state index contributed by atoms with van der Waals surface area (Å²) < 4.78 is 5.47. The molecule has 0 amide bonds. The van der Waals surface area contributed by atoms with E-state index in [4.69, 9.17) is 4.74 Å². The lowest BCUT2D eigenvalue weighted by Crippen LogP contribution is -2.45. The van der Waals surface area contributed by atoms with Gasteiger partial charge in [0, 0.05) is 18.9 Å². The number of carbonyl (C=O) groups is 2. The van der Waals surface area contributed by atoms with Gasteiger partial charge in [-0.2, -0.15) is 0 Å². The van der Waals surface area contributed by atoms with E-state index in [9.17, 15) is 9.59 Å². The van der Waals surface area contributed by atoms with E-state index >= 15 is 0 Å². The quantitative estimate of drug-likeness (QED) is 0.758. The molecule has 0 aromatic heterocycles. The molecule has 4 fully saturated rings. The molecule has 19 heavy (non-hydrogen) atoms. The highest BCUT2D eigenvalue weighted by Gasteiger charge is 2.85. The van der Waals surface area contributed by atoms with Crippen LogP contribution in [0.1, 0.15) is 18.4 Å². The Labute approximate surface area is 111 Å². The lowest BCUT2D eigenvalue weighted by atomic mass is 9.65. The van der Waals surface area contributed by atoms with Crippen molar-refractivity contribution in [1.82, 2.24) is 0 Å². The van der Waals surface area contributed by atoms with E-state index in [1.54, 1.807) is 7.11 Å². The van der Waals surface area contributed by atoms with Crippen LogP contribution in [0.5, 0.6) is 0 Å². The molecule has 1 aromatic carbocycles. The van der Waals surface area contributed by atoms with Gasteiger partial charge in [-0.1, -0.05) is 37.3 Å². The van der Waals surface area contributed by atoms with Gasteiger partial charge in [0.15, 0.2) is 11.6 Å². The normalized spacial score (nSPS) is 46.5. The van der Waals surface area contributed by atoms with Crippen molar-refractivity contribution in [1.29, 1.82) is 0 Å². The fourth-order valence-corrected chi connectivity index (χ4v) is 4.76. The zero-order valence-corrected chi connectivity index (χ0v) is 11.0. The molecule has 1 aromatic rings. The van der Waals surface area contributed by atoms with E-state index in [0.29, 0.717) is 5.92 Å². The van der Waals surface area contributed by atoms with Gasteiger partial charge in [-0.05, 0) is 11.5 Å². The zero-order valence-electron chi connectivity index (χ0n) is 11.0. The van der Waals surface area contributed by atoms with Crippen LogP contribution in [0.3, 0.4) is 0 Å². The van der Waals surface area contributed by atoms with Crippen molar-refractivity contribution in [2.45, 2.75) is 18.4 Å². The summed E-state index contributed by atoms with van der Waals surface area (Å²) in [5, 5.41) is 0. The molecule has 0 unspecified atom stereocenters. The minimum atomic E-state index is -0.757. The highest BCUT2D eigenvalue weighted by atomic mass is 16.5. The topological polar surface area (TPSA) is 43.4 Å². The van der Waals surface area contributed by atoms with E-state index in [1.165, 1.54) is 0 Å². The molecule has 0 N–H and O–H groups in total. The fraction of sp³-hybridized carbons (Fsp3) is 0.500. The monoisotopic (exact) mass is 256 g/mol. The Bertz CT molecular complexity index is 579. The first-order valence-corrected chi connectivity index (χ1v) is 6.82. The van der Waals surface area contributed by atoms with Gasteiger partial charge < -0.3 is 4.74 Å². The van der Waals surface area contributed by atoms with Crippen LogP contribution in [0, 0.1) is 23.7 Å². The highest BCUT2D eigenvalue weighted by Crippen LogP contribution is 2.72. The fourth-order valence-electron chi connectivity index (χ4n) is 4.76. The Balaban J connectivity index is 1.82. The first-order valence-electron chi connectivity index (χ1n) is 6.82. The standard InChI is InChI=1S/C16H16O3/c1-8-10(9-6-4-3-5-7-9)11-14(17)13-12(8)16(13,19-2)15(11)18/h3-8,10-13H,1-2H3/t8-,10+,11-,12-,13+,16+/m0/s1. The van der Waals surface area contributed by atoms with Crippen molar-refractivity contribution in [3.05, 3.63) is 35.9 Å². The van der Waals surface area contributed by atoms with Gasteiger partial charge in [0.1, 0.15) is 5.60 Å². The van der Waals surface area contributed by atoms with Crippen molar-refractivity contribution in [2.24, 2.45) is 23.7 Å². The average molecular weight is 256 g/mol. The third-order valence-electron chi connectivity index (χ3n) is 5.50. The molecule has 6 atom stereocenters. The minimum Gasteiger partial charge on any atom is -0.369 e. The number of Topliss-reactive ketones (excluding diaryl/α,β-unsaturated/α-hetero) is 2. The molecule has 0 heterocycles. The Kier molecular flexibility index (Phi) is 2.00. The first kappa shape index (κ1) is 11.4. The van der Waals surface area contributed by atoms with Crippen molar-refractivity contribution in [3.8, 4) is 0 Å². The Morgan fingerprint density at radius 2 is 1.84 bits per heavy atom. The molecule has 0 spiro atoms. The van der Waals surface area contributed by atoms with Crippen LogP contribution < -0.4 is 0 Å². The van der Waals surface area contributed by atoms with Gasteiger partial charge in [-0.15, -0.1) is 0 Å². The third kappa shape index (κ3) is 1.05. The SMILES string of the molecule is CO[C@@]12C(=O)[C@@H]3C(=O)[C@H]1[C@@H]2[C@@H](C)[C@@H]3c1ccccc1. The average Bonchev–Trinajstić information content (AvgIpc) is 3.09. The molecular weight excluding hydrogens is 240 g/mol. The molecule has 0 saturated heterocycles. The largest absolute Gasteiger partial charge is 0.369 e. The van der Waals surface area contributed by atoms with Crippen LogP contribution in [0.15, 0.2) is 30.3 Å². The second-order valence-corrected chi connectivity index (χ2v) is 6.04. The molecule has 0 radical (unpaired) electrons. The van der Waals surface area contributed by atoms with Gasteiger partial charge >= 0.3 is 0 Å². The molecule has 4 bridgehead atoms. The summed E-state index contributed by atoms with van der Waals surface area (Å²) in [6.07, 6.45) is 0. The summed E-state index contributed by atoms with van der Waals surface area (Å²) in [4.78, 5) is 25.0. The predicted octanol–water partition coefficient (Wildman–Crippen LogP) is 1.82. The van der Waals surface area contributed by atoms with Crippen molar-refractivity contribution >= 4 is 11.6 Å². The second-order valence-electron chi connectivity index (χ2n) is 6.04. The number of fused-ring (bicyclic) bond motifs is 1. The molecular formula is C16H16O3. The smallest absolute Gasteiger partial charge is 0.176 e. The summed E-state index contributed by atoms with van der Waals surface area (Å²) >= 11 is 0. The molecule has 3 nitrogen and oxygen atoms in total.